The number of ether oxygens (including phenoxy) is 2. The highest BCUT2D eigenvalue weighted by atomic mass is 16.5. The van der Waals surface area contributed by atoms with Crippen molar-refractivity contribution in [2.24, 2.45) is 5.41 Å². The van der Waals surface area contributed by atoms with Crippen LogP contribution >= 0.6 is 0 Å². The highest BCUT2D eigenvalue weighted by Gasteiger charge is 2.44. The molecule has 0 bridgehead atoms. The average molecular weight is 287 g/mol. The SMILES string of the molecule is CCCCCCCC(OCC)C(C)(C)C(C)(C)OCC. The smallest absolute Gasteiger partial charge is 0.0701 e. The Morgan fingerprint density at radius 3 is 1.90 bits per heavy atom. The Hall–Kier alpha value is -0.0800. The van der Waals surface area contributed by atoms with Crippen molar-refractivity contribution in [2.75, 3.05) is 13.2 Å². The predicted octanol–water partition coefficient (Wildman–Crippen LogP) is 5.59. The lowest BCUT2D eigenvalue weighted by Crippen LogP contribution is -2.50. The fraction of sp³-hybridized carbons (Fsp3) is 1.00. The molecular weight excluding hydrogens is 248 g/mol. The molecule has 0 aliphatic carbocycles. The van der Waals surface area contributed by atoms with Crippen LogP contribution in [0.4, 0.5) is 0 Å². The largest absolute Gasteiger partial charge is 0.378 e. The second kappa shape index (κ2) is 9.78. The van der Waals surface area contributed by atoms with Gasteiger partial charge >= 0.3 is 0 Å². The summed E-state index contributed by atoms with van der Waals surface area (Å²) in [5, 5.41) is 0. The molecule has 1 atom stereocenters. The van der Waals surface area contributed by atoms with Gasteiger partial charge in [0, 0.05) is 18.6 Å². The Morgan fingerprint density at radius 2 is 1.40 bits per heavy atom. The molecular formula is C18H38O2. The molecule has 0 spiro atoms. The lowest BCUT2D eigenvalue weighted by molar-refractivity contribution is -0.156. The van der Waals surface area contributed by atoms with E-state index >= 15 is 0 Å². The van der Waals surface area contributed by atoms with E-state index in [4.69, 9.17) is 9.47 Å². The molecule has 2 heteroatoms. The van der Waals surface area contributed by atoms with Crippen LogP contribution in [0.25, 0.3) is 0 Å². The minimum absolute atomic E-state index is 0.0176. The third-order valence-electron chi connectivity index (χ3n) is 4.80. The molecule has 0 aliphatic heterocycles. The molecule has 0 aromatic carbocycles. The van der Waals surface area contributed by atoms with E-state index in [1.807, 2.05) is 0 Å². The van der Waals surface area contributed by atoms with Crippen LogP contribution in [0.15, 0.2) is 0 Å². The summed E-state index contributed by atoms with van der Waals surface area (Å²) in [6.07, 6.45) is 8.01. The monoisotopic (exact) mass is 286 g/mol. The Balaban J connectivity index is 4.54. The normalized spacial score (nSPS) is 14.6. The molecule has 0 amide bonds. The predicted molar refractivity (Wildman–Crippen MR) is 88.3 cm³/mol. The van der Waals surface area contributed by atoms with Gasteiger partial charge in [0.25, 0.3) is 0 Å². The molecule has 0 radical (unpaired) electrons. The van der Waals surface area contributed by atoms with Gasteiger partial charge in [-0.1, -0.05) is 52.9 Å². The van der Waals surface area contributed by atoms with E-state index in [1.165, 1.54) is 32.1 Å². The van der Waals surface area contributed by atoms with Gasteiger partial charge < -0.3 is 9.47 Å². The van der Waals surface area contributed by atoms with Gasteiger partial charge in [-0.2, -0.15) is 0 Å². The Labute approximate surface area is 127 Å². The van der Waals surface area contributed by atoms with Crippen LogP contribution in [0.2, 0.25) is 0 Å². The van der Waals surface area contributed by atoms with Gasteiger partial charge in [0.2, 0.25) is 0 Å². The van der Waals surface area contributed by atoms with Gasteiger partial charge in [-0.3, -0.25) is 0 Å². The lowest BCUT2D eigenvalue weighted by atomic mass is 9.71. The lowest BCUT2D eigenvalue weighted by Gasteiger charge is -2.46. The van der Waals surface area contributed by atoms with Gasteiger partial charge in [0.15, 0.2) is 0 Å². The molecule has 0 aliphatic rings. The molecule has 0 fully saturated rings. The fourth-order valence-electron chi connectivity index (χ4n) is 2.72. The maximum Gasteiger partial charge on any atom is 0.0701 e. The number of hydrogen-bond acceptors (Lipinski definition) is 2. The molecule has 0 aromatic rings. The van der Waals surface area contributed by atoms with E-state index in [0.717, 1.165) is 19.6 Å². The second-order valence-electron chi connectivity index (χ2n) is 6.81. The van der Waals surface area contributed by atoms with Crippen LogP contribution in [0.1, 0.15) is 87.0 Å². The Kier molecular flexibility index (Phi) is 9.74. The third-order valence-corrected chi connectivity index (χ3v) is 4.80. The van der Waals surface area contributed by atoms with Crippen molar-refractivity contribution < 1.29 is 9.47 Å². The molecule has 0 aromatic heterocycles. The van der Waals surface area contributed by atoms with Gasteiger partial charge in [-0.25, -0.2) is 0 Å². The maximum absolute atomic E-state index is 6.07. The van der Waals surface area contributed by atoms with E-state index in [0.29, 0.717) is 0 Å². The molecule has 0 saturated heterocycles. The van der Waals surface area contributed by atoms with Crippen molar-refractivity contribution in [2.45, 2.75) is 98.7 Å². The third kappa shape index (κ3) is 6.13. The number of rotatable bonds is 12. The fourth-order valence-corrected chi connectivity index (χ4v) is 2.72. The summed E-state index contributed by atoms with van der Waals surface area (Å²) >= 11 is 0. The summed E-state index contributed by atoms with van der Waals surface area (Å²) in [7, 11) is 0. The molecule has 2 nitrogen and oxygen atoms in total. The molecule has 20 heavy (non-hydrogen) atoms. The van der Waals surface area contributed by atoms with Gasteiger partial charge in [0.05, 0.1) is 11.7 Å². The topological polar surface area (TPSA) is 18.5 Å². The zero-order valence-corrected chi connectivity index (χ0v) is 15.1. The van der Waals surface area contributed by atoms with Crippen molar-refractivity contribution in [3.63, 3.8) is 0 Å². The Morgan fingerprint density at radius 1 is 0.800 bits per heavy atom. The first kappa shape index (κ1) is 19.9. The van der Waals surface area contributed by atoms with E-state index < -0.39 is 0 Å². The first-order chi connectivity index (χ1) is 9.33. The van der Waals surface area contributed by atoms with Crippen LogP contribution in [0.3, 0.4) is 0 Å². The maximum atomic E-state index is 6.07. The van der Waals surface area contributed by atoms with Crippen LogP contribution < -0.4 is 0 Å². The first-order valence-electron chi connectivity index (χ1n) is 8.59. The highest BCUT2D eigenvalue weighted by Crippen LogP contribution is 2.40. The van der Waals surface area contributed by atoms with E-state index in [1.54, 1.807) is 0 Å². The minimum Gasteiger partial charge on any atom is -0.378 e. The summed E-state index contributed by atoms with van der Waals surface area (Å²) in [6, 6.07) is 0. The van der Waals surface area contributed by atoms with Gasteiger partial charge in [-0.05, 0) is 34.1 Å². The van der Waals surface area contributed by atoms with Crippen molar-refractivity contribution in [3.8, 4) is 0 Å². The average Bonchev–Trinajstić information content (AvgIpc) is 2.36. The second-order valence-corrected chi connectivity index (χ2v) is 6.81. The van der Waals surface area contributed by atoms with Crippen molar-refractivity contribution in [3.05, 3.63) is 0 Å². The summed E-state index contributed by atoms with van der Waals surface area (Å²) < 4.78 is 12.1. The van der Waals surface area contributed by atoms with Crippen LogP contribution in [0, 0.1) is 5.41 Å². The molecule has 0 heterocycles. The quantitative estimate of drug-likeness (QED) is 0.435. The zero-order chi connectivity index (χ0) is 15.6. The van der Waals surface area contributed by atoms with Crippen LogP contribution in [0.5, 0.6) is 0 Å². The number of unbranched alkanes of at least 4 members (excludes halogenated alkanes) is 4. The van der Waals surface area contributed by atoms with Crippen LogP contribution in [-0.2, 0) is 9.47 Å². The summed E-state index contributed by atoms with van der Waals surface area (Å²) in [4.78, 5) is 0. The number of hydrogen-bond donors (Lipinski definition) is 0. The Bertz CT molecular complexity index is 234. The van der Waals surface area contributed by atoms with E-state index in [2.05, 4.69) is 48.5 Å². The zero-order valence-electron chi connectivity index (χ0n) is 15.1. The summed E-state index contributed by atoms with van der Waals surface area (Å²) in [6.45, 7) is 16.9. The van der Waals surface area contributed by atoms with Crippen molar-refractivity contribution in [1.29, 1.82) is 0 Å². The molecule has 0 saturated carbocycles. The molecule has 1 unspecified atom stereocenters. The van der Waals surface area contributed by atoms with E-state index in [-0.39, 0.29) is 17.1 Å². The van der Waals surface area contributed by atoms with Gasteiger partial charge in [0.1, 0.15) is 0 Å². The highest BCUT2D eigenvalue weighted by molar-refractivity contribution is 4.94. The van der Waals surface area contributed by atoms with Crippen molar-refractivity contribution in [1.82, 2.24) is 0 Å². The summed E-state index contributed by atoms with van der Waals surface area (Å²) in [5.41, 5.74) is -0.144. The van der Waals surface area contributed by atoms with Gasteiger partial charge in [-0.15, -0.1) is 0 Å². The van der Waals surface area contributed by atoms with E-state index in [9.17, 15) is 0 Å². The summed E-state index contributed by atoms with van der Waals surface area (Å²) in [5.74, 6) is 0. The molecule has 122 valence electrons. The first-order valence-corrected chi connectivity index (χ1v) is 8.59. The van der Waals surface area contributed by atoms with Crippen LogP contribution in [-0.4, -0.2) is 24.9 Å². The minimum atomic E-state index is -0.162. The van der Waals surface area contributed by atoms with Crippen molar-refractivity contribution >= 4 is 0 Å². The standard InChI is InChI=1S/C18H38O2/c1-8-11-12-13-14-15-16(19-9-2)17(4,5)18(6,7)20-10-3/h16H,8-15H2,1-7H3. The molecule has 0 rings (SSSR count). The molecule has 0 N–H and O–H groups in total.